The van der Waals surface area contributed by atoms with E-state index in [1.807, 2.05) is 18.2 Å². The van der Waals surface area contributed by atoms with Gasteiger partial charge in [0.25, 0.3) is 0 Å². The number of Topliss-reactive ketones (excluding diaryl/α,β-unsaturated/α-hetero) is 1. The molecule has 4 atom stereocenters. The predicted octanol–water partition coefficient (Wildman–Crippen LogP) is 12.0. The fourth-order valence-electron chi connectivity index (χ4n) is 7.93. The summed E-state index contributed by atoms with van der Waals surface area (Å²) in [6.07, 6.45) is 18.2. The van der Waals surface area contributed by atoms with Gasteiger partial charge in [-0.15, -0.1) is 0 Å². The Bertz CT molecular complexity index is 1840. The van der Waals surface area contributed by atoms with Crippen molar-refractivity contribution >= 4 is 11.9 Å². The highest BCUT2D eigenvalue weighted by atomic mass is 16.5. The minimum atomic E-state index is -0.264. The van der Waals surface area contributed by atoms with Crippen molar-refractivity contribution in [3.05, 3.63) is 178 Å². The van der Waals surface area contributed by atoms with Crippen LogP contribution in [0.25, 0.3) is 6.08 Å². The number of carbonyl (C=O) groups excluding carboxylic acids is 1. The van der Waals surface area contributed by atoms with Crippen molar-refractivity contribution in [3.8, 4) is 5.75 Å². The van der Waals surface area contributed by atoms with Crippen LogP contribution in [0.1, 0.15) is 97.2 Å². The van der Waals surface area contributed by atoms with Crippen molar-refractivity contribution in [2.24, 2.45) is 11.8 Å². The van der Waals surface area contributed by atoms with Crippen LogP contribution in [0.15, 0.2) is 139 Å². The fourth-order valence-corrected chi connectivity index (χ4v) is 7.93. The van der Waals surface area contributed by atoms with Crippen molar-refractivity contribution < 1.29 is 9.53 Å². The Morgan fingerprint density at radius 2 is 1.58 bits per heavy atom. The minimum Gasteiger partial charge on any atom is -0.489 e. The Hall–Kier alpha value is -4.69. The lowest BCUT2D eigenvalue weighted by Crippen LogP contribution is -2.37. The van der Waals surface area contributed by atoms with Crippen molar-refractivity contribution in [1.29, 1.82) is 0 Å². The predicted molar refractivity (Wildman–Crippen MR) is 210 cm³/mol. The van der Waals surface area contributed by atoms with Crippen LogP contribution in [0.3, 0.4) is 0 Å². The van der Waals surface area contributed by atoms with Gasteiger partial charge in [-0.05, 0) is 107 Å². The molecule has 2 aliphatic rings. The van der Waals surface area contributed by atoms with Gasteiger partial charge in [-0.25, -0.2) is 0 Å². The van der Waals surface area contributed by atoms with E-state index in [2.05, 4.69) is 137 Å². The largest absolute Gasteiger partial charge is 0.489 e. The second-order valence-electron chi connectivity index (χ2n) is 14.1. The third-order valence-corrected chi connectivity index (χ3v) is 10.9. The molecule has 256 valence electrons. The van der Waals surface area contributed by atoms with E-state index in [1.54, 1.807) is 0 Å². The smallest absolute Gasteiger partial charge is 0.141 e. The first-order valence-corrected chi connectivity index (χ1v) is 18.7. The maximum absolute atomic E-state index is 14.2. The molecule has 6 rings (SSSR count). The summed E-state index contributed by atoms with van der Waals surface area (Å²) in [7, 11) is 0. The lowest BCUT2D eigenvalue weighted by atomic mass is 9.61. The highest BCUT2D eigenvalue weighted by Gasteiger charge is 2.43. The Morgan fingerprint density at radius 3 is 2.28 bits per heavy atom. The molecule has 0 aliphatic heterocycles. The zero-order chi connectivity index (χ0) is 34.9. The van der Waals surface area contributed by atoms with Gasteiger partial charge in [0, 0.05) is 18.3 Å². The van der Waals surface area contributed by atoms with Gasteiger partial charge in [-0.1, -0.05) is 148 Å². The third-order valence-electron chi connectivity index (χ3n) is 10.9. The molecular weight excluding hydrogens is 609 g/mol. The number of ketones is 1. The van der Waals surface area contributed by atoms with Crippen molar-refractivity contribution in [2.75, 3.05) is 0 Å². The molecule has 0 heterocycles. The maximum atomic E-state index is 14.2. The Kier molecular flexibility index (Phi) is 11.8. The standard InChI is InChI=1S/C48H52O2/c1-5-36-19-25-43(26-20-36)48-35(4)45(42-27-29-44(30-28-42)50-33-39-15-11-8-12-16-39)32-46(49)47(48)34(3)17-18-38-22-24-41(40(6-2)31-38)23-21-37-13-9-7-10-14-37/h8-9,11-20,22,24-31,35,45,47-48H,3,5-7,10,21,23,32-33H2,1-2,4H3/b18-17+/t35-,45-,47?,48?/m0/s1. The van der Waals surface area contributed by atoms with E-state index in [-0.39, 0.29) is 29.5 Å². The van der Waals surface area contributed by atoms with E-state index in [0.717, 1.165) is 61.0 Å². The number of hydrogen-bond acceptors (Lipinski definition) is 2. The molecule has 4 aromatic rings. The summed E-state index contributed by atoms with van der Waals surface area (Å²) in [6, 6.07) is 34.4. The number of carbonyl (C=O) groups is 1. The number of rotatable bonds is 13. The van der Waals surface area contributed by atoms with Gasteiger partial charge in [0.05, 0.1) is 0 Å². The average Bonchev–Trinajstić information content (AvgIpc) is 3.17. The Balaban J connectivity index is 1.20. The molecule has 2 unspecified atom stereocenters. The molecule has 0 aromatic heterocycles. The van der Waals surface area contributed by atoms with Crippen molar-refractivity contribution in [3.63, 3.8) is 0 Å². The summed E-state index contributed by atoms with van der Waals surface area (Å²) in [5.41, 5.74) is 11.2. The zero-order valence-electron chi connectivity index (χ0n) is 30.1. The summed E-state index contributed by atoms with van der Waals surface area (Å²) in [5, 5.41) is 0. The van der Waals surface area contributed by atoms with Gasteiger partial charge < -0.3 is 4.74 Å². The molecular formula is C48H52O2. The topological polar surface area (TPSA) is 26.3 Å². The number of aryl methyl sites for hydroxylation is 3. The Morgan fingerprint density at radius 1 is 0.820 bits per heavy atom. The summed E-state index contributed by atoms with van der Waals surface area (Å²) < 4.78 is 6.07. The van der Waals surface area contributed by atoms with Crippen molar-refractivity contribution in [2.45, 2.75) is 84.2 Å². The second-order valence-corrected chi connectivity index (χ2v) is 14.1. The highest BCUT2D eigenvalue weighted by molar-refractivity contribution is 5.87. The van der Waals surface area contributed by atoms with Crippen LogP contribution in [0, 0.1) is 11.8 Å². The molecule has 0 amide bonds. The normalized spacial score (nSPS) is 20.5. The summed E-state index contributed by atoms with van der Waals surface area (Å²) in [5.74, 6) is 1.25. The molecule has 4 aromatic carbocycles. The average molecular weight is 661 g/mol. The van der Waals surface area contributed by atoms with E-state index in [0.29, 0.717) is 13.0 Å². The van der Waals surface area contributed by atoms with E-state index in [1.165, 1.54) is 33.4 Å². The molecule has 2 aliphatic carbocycles. The van der Waals surface area contributed by atoms with Gasteiger partial charge in [-0.2, -0.15) is 0 Å². The molecule has 1 saturated carbocycles. The van der Waals surface area contributed by atoms with Gasteiger partial charge in [0.15, 0.2) is 0 Å². The molecule has 50 heavy (non-hydrogen) atoms. The lowest BCUT2D eigenvalue weighted by Gasteiger charge is -2.42. The second kappa shape index (κ2) is 16.8. The van der Waals surface area contributed by atoms with Gasteiger partial charge in [0.1, 0.15) is 18.1 Å². The fraction of sp³-hybridized carbons (Fsp3) is 0.312. The maximum Gasteiger partial charge on any atom is 0.141 e. The number of ether oxygens (including phenoxy) is 1. The number of benzene rings is 4. The Labute approximate surface area is 300 Å². The van der Waals surface area contributed by atoms with Crippen LogP contribution >= 0.6 is 0 Å². The summed E-state index contributed by atoms with van der Waals surface area (Å²) in [6.45, 7) is 11.8. The highest BCUT2D eigenvalue weighted by Crippen LogP contribution is 2.50. The molecule has 2 nitrogen and oxygen atoms in total. The number of hydrogen-bond donors (Lipinski definition) is 0. The van der Waals surface area contributed by atoms with Crippen LogP contribution in [0.4, 0.5) is 0 Å². The molecule has 1 fully saturated rings. The van der Waals surface area contributed by atoms with Crippen LogP contribution in [0.2, 0.25) is 0 Å². The first kappa shape index (κ1) is 35.1. The van der Waals surface area contributed by atoms with Crippen LogP contribution < -0.4 is 4.74 Å². The first-order chi connectivity index (χ1) is 24.4. The lowest BCUT2D eigenvalue weighted by molar-refractivity contribution is -0.125. The SMILES string of the molecule is C=C(/C=C/c1ccc(CCC2=CCCC=C2)c(CC)c1)C1C(=O)C[C@H](c2ccc(OCc3ccccc3)cc2)[C@H](C)C1c1ccc(CC)cc1. The molecule has 0 saturated heterocycles. The molecule has 0 radical (unpaired) electrons. The van der Waals surface area contributed by atoms with Gasteiger partial charge in [0.2, 0.25) is 0 Å². The summed E-state index contributed by atoms with van der Waals surface area (Å²) in [4.78, 5) is 14.2. The van der Waals surface area contributed by atoms with E-state index in [4.69, 9.17) is 4.74 Å². The number of allylic oxidation sites excluding steroid dienone is 6. The molecule has 2 heteroatoms. The van der Waals surface area contributed by atoms with Crippen LogP contribution in [0.5, 0.6) is 5.75 Å². The first-order valence-electron chi connectivity index (χ1n) is 18.7. The molecule has 0 spiro atoms. The van der Waals surface area contributed by atoms with Crippen LogP contribution in [-0.4, -0.2) is 5.78 Å². The monoisotopic (exact) mass is 660 g/mol. The quantitative estimate of drug-likeness (QED) is 0.133. The summed E-state index contributed by atoms with van der Waals surface area (Å²) >= 11 is 0. The van der Waals surface area contributed by atoms with E-state index in [9.17, 15) is 4.79 Å². The minimum absolute atomic E-state index is 0.0371. The van der Waals surface area contributed by atoms with Gasteiger partial charge in [-0.3, -0.25) is 4.79 Å². The molecule has 0 N–H and O–H groups in total. The third kappa shape index (κ3) is 8.53. The van der Waals surface area contributed by atoms with E-state index < -0.39 is 0 Å². The van der Waals surface area contributed by atoms with Gasteiger partial charge >= 0.3 is 0 Å². The zero-order valence-corrected chi connectivity index (χ0v) is 30.1. The molecule has 0 bridgehead atoms. The van der Waals surface area contributed by atoms with E-state index >= 15 is 0 Å². The van der Waals surface area contributed by atoms with Crippen molar-refractivity contribution in [1.82, 2.24) is 0 Å². The van der Waals surface area contributed by atoms with Crippen LogP contribution in [-0.2, 0) is 30.7 Å².